The topological polar surface area (TPSA) is 96.4 Å². The monoisotopic (exact) mass is 196 g/mol. The molecule has 0 aliphatic carbocycles. The predicted molar refractivity (Wildman–Crippen MR) is 49.8 cm³/mol. The van der Waals surface area contributed by atoms with Gasteiger partial charge in [-0.3, -0.25) is 4.98 Å². The fourth-order valence-corrected chi connectivity index (χ4v) is 1.13. The molecule has 2 atom stereocenters. The van der Waals surface area contributed by atoms with Crippen LogP contribution in [-0.4, -0.2) is 27.3 Å². The summed E-state index contributed by atoms with van der Waals surface area (Å²) < 4.78 is 0. The molecule has 0 aromatic carbocycles. The zero-order valence-electron chi connectivity index (χ0n) is 7.71. The van der Waals surface area contributed by atoms with Crippen LogP contribution in [0, 0.1) is 0 Å². The molecule has 0 fully saturated rings. The van der Waals surface area contributed by atoms with Crippen LogP contribution >= 0.6 is 0 Å². The zero-order valence-corrected chi connectivity index (χ0v) is 7.71. The summed E-state index contributed by atoms with van der Waals surface area (Å²) in [4.78, 5) is 14.5. The molecule has 0 aliphatic heterocycles. The second kappa shape index (κ2) is 4.17. The van der Waals surface area contributed by atoms with E-state index in [1.54, 1.807) is 0 Å². The second-order valence-electron chi connectivity index (χ2n) is 3.03. The Morgan fingerprint density at radius 3 is 2.79 bits per heavy atom. The lowest BCUT2D eigenvalue weighted by atomic mass is 10.00. The van der Waals surface area contributed by atoms with Gasteiger partial charge in [0.2, 0.25) is 0 Å². The number of carboxylic acids is 1. The Balaban J connectivity index is 3.13. The Morgan fingerprint density at radius 1 is 1.64 bits per heavy atom. The van der Waals surface area contributed by atoms with Crippen LogP contribution in [0.3, 0.4) is 0 Å². The van der Waals surface area contributed by atoms with Crippen molar-refractivity contribution < 1.29 is 15.0 Å². The molecule has 0 radical (unpaired) electrons. The van der Waals surface area contributed by atoms with E-state index in [1.165, 1.54) is 25.4 Å². The molecule has 0 unspecified atom stereocenters. The molecule has 0 saturated carbocycles. The van der Waals surface area contributed by atoms with Crippen molar-refractivity contribution in [1.29, 1.82) is 0 Å². The first-order valence-electron chi connectivity index (χ1n) is 4.15. The minimum absolute atomic E-state index is 0.0286. The van der Waals surface area contributed by atoms with Crippen LogP contribution in [-0.2, 0) is 0 Å². The minimum Gasteiger partial charge on any atom is -0.478 e. The SMILES string of the molecule is C[C@H](O)[C@H](N)c1ccncc1C(=O)O. The number of rotatable bonds is 3. The molecule has 5 nitrogen and oxygen atoms in total. The highest BCUT2D eigenvalue weighted by molar-refractivity contribution is 5.89. The van der Waals surface area contributed by atoms with Crippen molar-refractivity contribution in [2.45, 2.75) is 19.1 Å². The van der Waals surface area contributed by atoms with Gasteiger partial charge in [0.25, 0.3) is 0 Å². The maximum atomic E-state index is 10.8. The van der Waals surface area contributed by atoms with E-state index in [9.17, 15) is 9.90 Å². The van der Waals surface area contributed by atoms with Gasteiger partial charge in [-0.15, -0.1) is 0 Å². The number of carbonyl (C=O) groups is 1. The highest BCUT2D eigenvalue weighted by atomic mass is 16.4. The lowest BCUT2D eigenvalue weighted by molar-refractivity contribution is 0.0693. The van der Waals surface area contributed by atoms with Gasteiger partial charge >= 0.3 is 5.97 Å². The number of nitrogens with zero attached hydrogens (tertiary/aromatic N) is 1. The number of hydrogen-bond acceptors (Lipinski definition) is 4. The Labute approximate surface area is 81.2 Å². The third-order valence-electron chi connectivity index (χ3n) is 1.96. The van der Waals surface area contributed by atoms with Gasteiger partial charge in [0, 0.05) is 12.4 Å². The quantitative estimate of drug-likeness (QED) is 0.639. The minimum atomic E-state index is -1.09. The maximum absolute atomic E-state index is 10.8. The van der Waals surface area contributed by atoms with Crippen LogP contribution in [0.1, 0.15) is 28.9 Å². The van der Waals surface area contributed by atoms with E-state index in [1.807, 2.05) is 0 Å². The molecule has 4 N–H and O–H groups in total. The van der Waals surface area contributed by atoms with E-state index in [0.29, 0.717) is 5.56 Å². The van der Waals surface area contributed by atoms with Crippen molar-refractivity contribution >= 4 is 5.97 Å². The summed E-state index contributed by atoms with van der Waals surface area (Å²) in [6, 6.07) is 0.796. The molecular weight excluding hydrogens is 184 g/mol. The van der Waals surface area contributed by atoms with Crippen molar-refractivity contribution in [2.24, 2.45) is 5.73 Å². The molecule has 0 saturated heterocycles. The van der Waals surface area contributed by atoms with Gasteiger partial charge in [-0.1, -0.05) is 0 Å². The smallest absolute Gasteiger partial charge is 0.337 e. The summed E-state index contributed by atoms with van der Waals surface area (Å²) in [7, 11) is 0. The Hall–Kier alpha value is -1.46. The molecule has 0 spiro atoms. The highest BCUT2D eigenvalue weighted by Crippen LogP contribution is 2.17. The van der Waals surface area contributed by atoms with Crippen molar-refractivity contribution in [2.75, 3.05) is 0 Å². The predicted octanol–water partition coefficient (Wildman–Crippen LogP) is 0.160. The van der Waals surface area contributed by atoms with Gasteiger partial charge in [-0.25, -0.2) is 4.79 Å². The van der Waals surface area contributed by atoms with Crippen LogP contribution in [0.15, 0.2) is 18.5 Å². The molecule has 14 heavy (non-hydrogen) atoms. The number of aromatic carboxylic acids is 1. The standard InChI is InChI=1S/C9H12N2O3/c1-5(12)8(10)6-2-3-11-4-7(6)9(13)14/h2-5,8,12H,10H2,1H3,(H,13,14)/t5-,8-/m0/s1. The van der Waals surface area contributed by atoms with E-state index < -0.39 is 18.1 Å². The van der Waals surface area contributed by atoms with Crippen molar-refractivity contribution in [3.63, 3.8) is 0 Å². The van der Waals surface area contributed by atoms with E-state index >= 15 is 0 Å². The number of nitrogens with two attached hydrogens (primary N) is 1. The van der Waals surface area contributed by atoms with Crippen molar-refractivity contribution in [3.05, 3.63) is 29.6 Å². The Kier molecular flexibility index (Phi) is 3.16. The van der Waals surface area contributed by atoms with Crippen molar-refractivity contribution in [3.8, 4) is 0 Å². The fourth-order valence-electron chi connectivity index (χ4n) is 1.13. The molecule has 0 bridgehead atoms. The summed E-state index contributed by atoms with van der Waals surface area (Å²) in [6.07, 6.45) is 1.87. The molecule has 1 heterocycles. The van der Waals surface area contributed by atoms with E-state index in [4.69, 9.17) is 10.8 Å². The third kappa shape index (κ3) is 2.07. The van der Waals surface area contributed by atoms with Crippen LogP contribution in [0.25, 0.3) is 0 Å². The first kappa shape index (κ1) is 10.6. The highest BCUT2D eigenvalue weighted by Gasteiger charge is 2.19. The molecule has 1 aromatic rings. The third-order valence-corrected chi connectivity index (χ3v) is 1.96. The summed E-state index contributed by atoms with van der Waals surface area (Å²) in [5.74, 6) is -1.09. The number of aliphatic hydroxyl groups excluding tert-OH is 1. The number of hydrogen-bond donors (Lipinski definition) is 3. The molecule has 76 valence electrons. The molecule has 0 aliphatic rings. The normalized spacial score (nSPS) is 14.8. The Morgan fingerprint density at radius 2 is 2.29 bits per heavy atom. The summed E-state index contributed by atoms with van der Waals surface area (Å²) in [5, 5.41) is 18.1. The van der Waals surface area contributed by atoms with Gasteiger partial charge in [-0.2, -0.15) is 0 Å². The average Bonchev–Trinajstić information content (AvgIpc) is 2.16. The lowest BCUT2D eigenvalue weighted by Crippen LogP contribution is -2.25. The van der Waals surface area contributed by atoms with Gasteiger partial charge in [0.05, 0.1) is 17.7 Å². The Bertz CT molecular complexity index is 339. The van der Waals surface area contributed by atoms with Gasteiger partial charge < -0.3 is 15.9 Å². The first-order chi connectivity index (χ1) is 6.54. The van der Waals surface area contributed by atoms with Gasteiger partial charge in [0.1, 0.15) is 0 Å². The molecule has 0 amide bonds. The fraction of sp³-hybridized carbons (Fsp3) is 0.333. The van der Waals surface area contributed by atoms with Crippen LogP contribution in [0.5, 0.6) is 0 Å². The molecule has 1 rings (SSSR count). The van der Waals surface area contributed by atoms with E-state index in [2.05, 4.69) is 4.98 Å². The summed E-state index contributed by atoms with van der Waals surface area (Å²) in [6.45, 7) is 1.51. The van der Waals surface area contributed by atoms with Gasteiger partial charge in [-0.05, 0) is 18.6 Å². The molecule has 1 aromatic heterocycles. The number of aromatic nitrogens is 1. The molecule has 5 heteroatoms. The van der Waals surface area contributed by atoms with Crippen molar-refractivity contribution in [1.82, 2.24) is 4.98 Å². The molecular formula is C9H12N2O3. The number of pyridine rings is 1. The van der Waals surface area contributed by atoms with E-state index in [0.717, 1.165) is 0 Å². The van der Waals surface area contributed by atoms with Crippen LogP contribution < -0.4 is 5.73 Å². The lowest BCUT2D eigenvalue weighted by Gasteiger charge is -2.16. The van der Waals surface area contributed by atoms with Gasteiger partial charge in [0.15, 0.2) is 0 Å². The zero-order chi connectivity index (χ0) is 10.7. The second-order valence-corrected chi connectivity index (χ2v) is 3.03. The average molecular weight is 196 g/mol. The summed E-state index contributed by atoms with van der Waals surface area (Å²) in [5.41, 5.74) is 6.06. The largest absolute Gasteiger partial charge is 0.478 e. The number of carboxylic acid groups (broad SMARTS) is 1. The first-order valence-corrected chi connectivity index (χ1v) is 4.15. The van der Waals surface area contributed by atoms with Crippen LogP contribution in [0.2, 0.25) is 0 Å². The number of aliphatic hydroxyl groups is 1. The maximum Gasteiger partial charge on any atom is 0.337 e. The summed E-state index contributed by atoms with van der Waals surface area (Å²) >= 11 is 0. The van der Waals surface area contributed by atoms with E-state index in [-0.39, 0.29) is 5.56 Å². The van der Waals surface area contributed by atoms with Crippen LogP contribution in [0.4, 0.5) is 0 Å².